The molecule has 1 aliphatic heterocycles. The van der Waals surface area contributed by atoms with Gasteiger partial charge < -0.3 is 10.6 Å². The molecule has 0 radical (unpaired) electrons. The molecule has 2 rings (SSSR count). The Morgan fingerprint density at radius 1 is 1.53 bits per heavy atom. The third-order valence-corrected chi connectivity index (χ3v) is 2.84. The van der Waals surface area contributed by atoms with E-state index in [4.69, 9.17) is 17.3 Å². The molecule has 1 amide bonds. The molecule has 0 unspecified atom stereocenters. The second-order valence-electron chi connectivity index (χ2n) is 3.78. The van der Waals surface area contributed by atoms with Gasteiger partial charge in [0.05, 0.1) is 6.04 Å². The smallest absolute Gasteiger partial charge is 0.239 e. The van der Waals surface area contributed by atoms with Crippen molar-refractivity contribution in [1.82, 2.24) is 4.90 Å². The highest BCUT2D eigenvalue weighted by molar-refractivity contribution is 6.30. The first-order chi connectivity index (χ1) is 7.16. The predicted molar refractivity (Wildman–Crippen MR) is 59.5 cm³/mol. The quantitative estimate of drug-likeness (QED) is 0.826. The van der Waals surface area contributed by atoms with E-state index in [1.807, 2.05) is 24.3 Å². The molecule has 4 heteroatoms. The number of nitrogens with two attached hydrogens (primary N) is 1. The highest BCUT2D eigenvalue weighted by atomic mass is 35.5. The minimum atomic E-state index is -0.316. The molecule has 2 N–H and O–H groups in total. The number of halogens is 1. The molecule has 0 spiro atoms. The van der Waals surface area contributed by atoms with Gasteiger partial charge in [0.25, 0.3) is 0 Å². The fourth-order valence-electron chi connectivity index (χ4n) is 1.78. The van der Waals surface area contributed by atoms with Crippen LogP contribution in [0.2, 0.25) is 5.02 Å². The SMILES string of the molecule is N[C@@H]1CCN(Cc2cccc(Cl)c2)C1=O. The number of amides is 1. The first-order valence-electron chi connectivity index (χ1n) is 4.95. The molecule has 1 heterocycles. The fraction of sp³-hybridized carbons (Fsp3) is 0.364. The Morgan fingerprint density at radius 3 is 2.93 bits per heavy atom. The average molecular weight is 225 g/mol. The van der Waals surface area contributed by atoms with E-state index in [0.717, 1.165) is 18.5 Å². The lowest BCUT2D eigenvalue weighted by atomic mass is 10.2. The maximum Gasteiger partial charge on any atom is 0.239 e. The van der Waals surface area contributed by atoms with Crippen LogP contribution < -0.4 is 5.73 Å². The number of rotatable bonds is 2. The Morgan fingerprint density at radius 2 is 2.33 bits per heavy atom. The van der Waals surface area contributed by atoms with Crippen molar-refractivity contribution in [2.75, 3.05) is 6.54 Å². The van der Waals surface area contributed by atoms with Gasteiger partial charge in [0.1, 0.15) is 0 Å². The Hall–Kier alpha value is -1.06. The summed E-state index contributed by atoms with van der Waals surface area (Å²) in [5.41, 5.74) is 6.68. The van der Waals surface area contributed by atoms with Crippen LogP contribution in [0.4, 0.5) is 0 Å². The van der Waals surface area contributed by atoms with Crippen LogP contribution in [0.1, 0.15) is 12.0 Å². The monoisotopic (exact) mass is 224 g/mol. The molecule has 15 heavy (non-hydrogen) atoms. The van der Waals surface area contributed by atoms with Gasteiger partial charge in [-0.05, 0) is 24.1 Å². The van der Waals surface area contributed by atoms with Crippen molar-refractivity contribution in [1.29, 1.82) is 0 Å². The molecule has 3 nitrogen and oxygen atoms in total. The summed E-state index contributed by atoms with van der Waals surface area (Å²) in [6.45, 7) is 1.35. The molecule has 0 bridgehead atoms. The van der Waals surface area contributed by atoms with Crippen LogP contribution in [0.25, 0.3) is 0 Å². The van der Waals surface area contributed by atoms with E-state index in [0.29, 0.717) is 11.6 Å². The lowest BCUT2D eigenvalue weighted by Crippen LogP contribution is -2.33. The predicted octanol–water partition coefficient (Wildman–Crippen LogP) is 1.40. The van der Waals surface area contributed by atoms with Crippen LogP contribution in [0, 0.1) is 0 Å². The minimum Gasteiger partial charge on any atom is -0.337 e. The van der Waals surface area contributed by atoms with E-state index >= 15 is 0 Å². The molecular formula is C11H13ClN2O. The van der Waals surface area contributed by atoms with Gasteiger partial charge in [-0.15, -0.1) is 0 Å². The van der Waals surface area contributed by atoms with Gasteiger partial charge in [0.15, 0.2) is 0 Å². The summed E-state index contributed by atoms with van der Waals surface area (Å²) < 4.78 is 0. The van der Waals surface area contributed by atoms with Crippen LogP contribution in [0.5, 0.6) is 0 Å². The van der Waals surface area contributed by atoms with Gasteiger partial charge in [0, 0.05) is 18.1 Å². The largest absolute Gasteiger partial charge is 0.337 e. The minimum absolute atomic E-state index is 0.0370. The molecule has 80 valence electrons. The maximum atomic E-state index is 11.6. The van der Waals surface area contributed by atoms with Crippen molar-refractivity contribution in [3.8, 4) is 0 Å². The Kier molecular flexibility index (Phi) is 2.93. The molecule has 1 fully saturated rings. The third-order valence-electron chi connectivity index (χ3n) is 2.60. The van der Waals surface area contributed by atoms with E-state index in [-0.39, 0.29) is 11.9 Å². The molecule has 1 atom stereocenters. The Balaban J connectivity index is 2.06. The summed E-state index contributed by atoms with van der Waals surface area (Å²) >= 11 is 5.87. The van der Waals surface area contributed by atoms with Gasteiger partial charge in [-0.1, -0.05) is 23.7 Å². The lowest BCUT2D eigenvalue weighted by molar-refractivity contribution is -0.129. The second kappa shape index (κ2) is 4.21. The zero-order valence-electron chi connectivity index (χ0n) is 8.32. The molecule has 0 saturated carbocycles. The zero-order valence-corrected chi connectivity index (χ0v) is 9.07. The fourth-order valence-corrected chi connectivity index (χ4v) is 1.99. The van der Waals surface area contributed by atoms with Gasteiger partial charge in [-0.3, -0.25) is 4.79 Å². The number of carbonyl (C=O) groups excluding carboxylic acids is 1. The Labute approximate surface area is 93.8 Å². The molecule has 1 aromatic rings. The van der Waals surface area contributed by atoms with Crippen LogP contribution in [0.3, 0.4) is 0 Å². The molecule has 0 aliphatic carbocycles. The van der Waals surface area contributed by atoms with E-state index in [9.17, 15) is 4.79 Å². The summed E-state index contributed by atoms with van der Waals surface area (Å²) in [5.74, 6) is 0.0370. The number of likely N-dealkylation sites (tertiary alicyclic amines) is 1. The van der Waals surface area contributed by atoms with Gasteiger partial charge in [-0.25, -0.2) is 0 Å². The molecule has 1 aliphatic rings. The van der Waals surface area contributed by atoms with Crippen LogP contribution in [-0.2, 0) is 11.3 Å². The maximum absolute atomic E-state index is 11.6. The van der Waals surface area contributed by atoms with Crippen LogP contribution in [-0.4, -0.2) is 23.4 Å². The van der Waals surface area contributed by atoms with Gasteiger partial charge in [0.2, 0.25) is 5.91 Å². The summed E-state index contributed by atoms with van der Waals surface area (Å²) in [4.78, 5) is 13.3. The third kappa shape index (κ3) is 2.30. The number of hydrogen-bond donors (Lipinski definition) is 1. The molecule has 1 saturated heterocycles. The van der Waals surface area contributed by atoms with Gasteiger partial charge >= 0.3 is 0 Å². The first-order valence-corrected chi connectivity index (χ1v) is 5.33. The number of hydrogen-bond acceptors (Lipinski definition) is 2. The first kappa shape index (κ1) is 10.5. The van der Waals surface area contributed by atoms with Crippen molar-refractivity contribution in [2.45, 2.75) is 19.0 Å². The molecular weight excluding hydrogens is 212 g/mol. The van der Waals surface area contributed by atoms with Crippen molar-refractivity contribution in [3.05, 3.63) is 34.9 Å². The summed E-state index contributed by atoms with van der Waals surface area (Å²) in [5, 5.41) is 0.698. The van der Waals surface area contributed by atoms with Crippen molar-refractivity contribution in [3.63, 3.8) is 0 Å². The van der Waals surface area contributed by atoms with E-state index in [2.05, 4.69) is 0 Å². The molecule has 1 aromatic carbocycles. The topological polar surface area (TPSA) is 46.3 Å². The van der Waals surface area contributed by atoms with Crippen LogP contribution >= 0.6 is 11.6 Å². The van der Waals surface area contributed by atoms with E-state index < -0.39 is 0 Å². The summed E-state index contributed by atoms with van der Waals surface area (Å²) in [6.07, 6.45) is 0.749. The normalized spacial score (nSPS) is 21.1. The van der Waals surface area contributed by atoms with E-state index in [1.165, 1.54) is 0 Å². The number of carbonyl (C=O) groups is 1. The highest BCUT2D eigenvalue weighted by Gasteiger charge is 2.28. The molecule has 0 aromatic heterocycles. The number of nitrogens with zero attached hydrogens (tertiary/aromatic N) is 1. The van der Waals surface area contributed by atoms with Crippen molar-refractivity contribution >= 4 is 17.5 Å². The summed E-state index contributed by atoms with van der Waals surface area (Å²) in [6, 6.07) is 7.23. The van der Waals surface area contributed by atoms with Crippen LogP contribution in [0.15, 0.2) is 24.3 Å². The highest BCUT2D eigenvalue weighted by Crippen LogP contribution is 2.16. The number of benzene rings is 1. The van der Waals surface area contributed by atoms with Gasteiger partial charge in [-0.2, -0.15) is 0 Å². The average Bonchev–Trinajstić information content (AvgIpc) is 2.50. The standard InChI is InChI=1S/C11H13ClN2O/c12-9-3-1-2-8(6-9)7-14-5-4-10(13)11(14)15/h1-3,6,10H,4-5,7,13H2/t10-/m1/s1. The van der Waals surface area contributed by atoms with Crippen molar-refractivity contribution < 1.29 is 4.79 Å². The zero-order chi connectivity index (χ0) is 10.8. The second-order valence-corrected chi connectivity index (χ2v) is 4.22. The van der Waals surface area contributed by atoms with Crippen molar-refractivity contribution in [2.24, 2.45) is 5.73 Å². The Bertz CT molecular complexity index is 381. The van der Waals surface area contributed by atoms with E-state index in [1.54, 1.807) is 4.90 Å². The summed E-state index contributed by atoms with van der Waals surface area (Å²) in [7, 11) is 0. The lowest BCUT2D eigenvalue weighted by Gasteiger charge is -2.15.